The average Bonchev–Trinajstić information content (AvgIpc) is 3.13. The van der Waals surface area contributed by atoms with Crippen LogP contribution < -0.4 is 10.6 Å². The Hall–Kier alpha value is -2.61. The Labute approximate surface area is 165 Å². The molecule has 3 amide bonds. The number of nitrogens with zero attached hydrogens (tertiary/aromatic N) is 3. The standard InChI is InChI=1S/C20H30N6O2/c1-2-9-21-19(27)15-25-11-13-26(14-12-25)20(28)22-10-5-8-18-23-16-6-3-4-7-17(16)24-18/h3-4,6-7H,2,5,8-15H2,1H3,(H,21,27)(H,22,28)(H,23,24). The van der Waals surface area contributed by atoms with Crippen LogP contribution in [-0.4, -0.2) is 77.5 Å². The van der Waals surface area contributed by atoms with Crippen LogP contribution in [0, 0.1) is 0 Å². The van der Waals surface area contributed by atoms with Crippen molar-refractivity contribution in [1.29, 1.82) is 0 Å². The van der Waals surface area contributed by atoms with Crippen molar-refractivity contribution in [2.75, 3.05) is 45.8 Å². The summed E-state index contributed by atoms with van der Waals surface area (Å²) in [6.07, 6.45) is 2.58. The van der Waals surface area contributed by atoms with E-state index in [1.54, 1.807) is 0 Å². The second kappa shape index (κ2) is 10.1. The zero-order valence-corrected chi connectivity index (χ0v) is 16.5. The molecule has 2 aromatic rings. The molecule has 0 bridgehead atoms. The third-order valence-electron chi connectivity index (χ3n) is 4.90. The van der Waals surface area contributed by atoms with E-state index in [1.165, 1.54) is 0 Å². The first kappa shape index (κ1) is 20.1. The maximum Gasteiger partial charge on any atom is 0.317 e. The van der Waals surface area contributed by atoms with Crippen LogP contribution in [0.15, 0.2) is 24.3 Å². The number of H-pyrrole nitrogens is 1. The lowest BCUT2D eigenvalue weighted by Gasteiger charge is -2.34. The van der Waals surface area contributed by atoms with E-state index in [9.17, 15) is 9.59 Å². The fourth-order valence-electron chi connectivity index (χ4n) is 3.32. The first-order valence-electron chi connectivity index (χ1n) is 10.1. The van der Waals surface area contributed by atoms with E-state index in [-0.39, 0.29) is 11.9 Å². The molecule has 1 aromatic carbocycles. The highest BCUT2D eigenvalue weighted by Crippen LogP contribution is 2.11. The monoisotopic (exact) mass is 386 g/mol. The summed E-state index contributed by atoms with van der Waals surface area (Å²) in [6.45, 7) is 6.54. The smallest absolute Gasteiger partial charge is 0.317 e. The van der Waals surface area contributed by atoms with E-state index in [1.807, 2.05) is 36.1 Å². The third kappa shape index (κ3) is 5.69. The van der Waals surface area contributed by atoms with Crippen LogP contribution in [0.1, 0.15) is 25.6 Å². The molecule has 8 heteroatoms. The second-order valence-electron chi connectivity index (χ2n) is 7.15. The van der Waals surface area contributed by atoms with Gasteiger partial charge in [0.1, 0.15) is 5.82 Å². The molecule has 152 valence electrons. The van der Waals surface area contributed by atoms with Gasteiger partial charge in [0.05, 0.1) is 17.6 Å². The number of benzene rings is 1. The number of urea groups is 1. The van der Waals surface area contributed by atoms with Crippen molar-refractivity contribution >= 4 is 23.0 Å². The first-order chi connectivity index (χ1) is 13.7. The lowest BCUT2D eigenvalue weighted by molar-refractivity contribution is -0.122. The maximum atomic E-state index is 12.3. The van der Waals surface area contributed by atoms with E-state index in [4.69, 9.17) is 0 Å². The van der Waals surface area contributed by atoms with Gasteiger partial charge < -0.3 is 20.5 Å². The molecule has 0 unspecified atom stereocenters. The first-order valence-corrected chi connectivity index (χ1v) is 10.1. The van der Waals surface area contributed by atoms with Crippen LogP contribution in [0.3, 0.4) is 0 Å². The van der Waals surface area contributed by atoms with Crippen molar-refractivity contribution in [2.24, 2.45) is 0 Å². The molecule has 0 atom stereocenters. The lowest BCUT2D eigenvalue weighted by atomic mass is 10.3. The maximum absolute atomic E-state index is 12.3. The van der Waals surface area contributed by atoms with Gasteiger partial charge in [0.15, 0.2) is 0 Å². The number of carbonyl (C=O) groups is 2. The molecule has 3 N–H and O–H groups in total. The highest BCUT2D eigenvalue weighted by molar-refractivity contribution is 5.78. The average molecular weight is 387 g/mol. The summed E-state index contributed by atoms with van der Waals surface area (Å²) < 4.78 is 0. The van der Waals surface area contributed by atoms with Crippen LogP contribution in [0.25, 0.3) is 11.0 Å². The van der Waals surface area contributed by atoms with E-state index < -0.39 is 0 Å². The molecule has 1 aliphatic heterocycles. The quantitative estimate of drug-likeness (QED) is 0.597. The molecule has 8 nitrogen and oxygen atoms in total. The van der Waals surface area contributed by atoms with Gasteiger partial charge in [-0.15, -0.1) is 0 Å². The number of nitrogens with one attached hydrogen (secondary N) is 3. The molecule has 2 heterocycles. The van der Waals surface area contributed by atoms with Gasteiger partial charge in [0.2, 0.25) is 5.91 Å². The Morgan fingerprint density at radius 3 is 2.64 bits per heavy atom. The number of rotatable bonds is 8. The Bertz CT molecular complexity index is 749. The minimum Gasteiger partial charge on any atom is -0.355 e. The number of aromatic amines is 1. The number of hydrogen-bond acceptors (Lipinski definition) is 4. The predicted molar refractivity (Wildman–Crippen MR) is 109 cm³/mol. The summed E-state index contributed by atoms with van der Waals surface area (Å²) in [5.41, 5.74) is 2.02. The molecule has 0 saturated carbocycles. The normalized spacial score (nSPS) is 15.0. The van der Waals surface area contributed by atoms with Gasteiger partial charge in [0, 0.05) is 45.7 Å². The SMILES string of the molecule is CCCNC(=O)CN1CCN(C(=O)NCCCc2nc3ccccc3[nH]2)CC1. The molecule has 0 radical (unpaired) electrons. The van der Waals surface area contributed by atoms with E-state index in [0.717, 1.165) is 55.8 Å². The van der Waals surface area contributed by atoms with Gasteiger partial charge >= 0.3 is 6.03 Å². The van der Waals surface area contributed by atoms with Crippen molar-refractivity contribution in [2.45, 2.75) is 26.2 Å². The van der Waals surface area contributed by atoms with Crippen LogP contribution in [0.5, 0.6) is 0 Å². The summed E-state index contributed by atoms with van der Waals surface area (Å²) in [7, 11) is 0. The van der Waals surface area contributed by atoms with E-state index in [0.29, 0.717) is 26.2 Å². The summed E-state index contributed by atoms with van der Waals surface area (Å²) in [6, 6.07) is 7.94. The van der Waals surface area contributed by atoms with E-state index >= 15 is 0 Å². The Kier molecular flexibility index (Phi) is 7.25. The van der Waals surface area contributed by atoms with Gasteiger partial charge in [-0.25, -0.2) is 9.78 Å². The molecule has 1 fully saturated rings. The van der Waals surface area contributed by atoms with Crippen LogP contribution >= 0.6 is 0 Å². The van der Waals surface area contributed by atoms with Crippen molar-refractivity contribution < 1.29 is 9.59 Å². The van der Waals surface area contributed by atoms with Crippen molar-refractivity contribution in [3.63, 3.8) is 0 Å². The highest BCUT2D eigenvalue weighted by Gasteiger charge is 2.22. The molecule has 28 heavy (non-hydrogen) atoms. The zero-order chi connectivity index (χ0) is 19.8. The number of amides is 3. The molecular formula is C20H30N6O2. The summed E-state index contributed by atoms with van der Waals surface area (Å²) in [4.78, 5) is 35.9. The van der Waals surface area contributed by atoms with E-state index in [2.05, 4.69) is 25.5 Å². The molecule has 1 aromatic heterocycles. The fraction of sp³-hybridized carbons (Fsp3) is 0.550. The largest absolute Gasteiger partial charge is 0.355 e. The number of aryl methyl sites for hydroxylation is 1. The number of aromatic nitrogens is 2. The number of carbonyl (C=O) groups excluding carboxylic acids is 2. The molecular weight excluding hydrogens is 356 g/mol. The minimum atomic E-state index is -0.0281. The number of piperazine rings is 1. The number of imidazole rings is 1. The molecule has 1 aliphatic rings. The van der Waals surface area contributed by atoms with Gasteiger partial charge in [0.25, 0.3) is 0 Å². The number of fused-ring (bicyclic) bond motifs is 1. The highest BCUT2D eigenvalue weighted by atomic mass is 16.2. The molecule has 0 aliphatic carbocycles. The number of para-hydroxylation sites is 2. The molecule has 3 rings (SSSR count). The molecule has 1 saturated heterocycles. The molecule has 0 spiro atoms. The van der Waals surface area contributed by atoms with Crippen molar-refractivity contribution in [3.05, 3.63) is 30.1 Å². The Morgan fingerprint density at radius 1 is 1.11 bits per heavy atom. The van der Waals surface area contributed by atoms with Crippen molar-refractivity contribution in [3.8, 4) is 0 Å². The van der Waals surface area contributed by atoms with Gasteiger partial charge in [-0.2, -0.15) is 0 Å². The lowest BCUT2D eigenvalue weighted by Crippen LogP contribution is -2.53. The Morgan fingerprint density at radius 2 is 1.89 bits per heavy atom. The second-order valence-corrected chi connectivity index (χ2v) is 7.15. The summed E-state index contributed by atoms with van der Waals surface area (Å²) in [5, 5.41) is 5.88. The third-order valence-corrected chi connectivity index (χ3v) is 4.90. The van der Waals surface area contributed by atoms with Gasteiger partial charge in [-0.05, 0) is 25.0 Å². The predicted octanol–water partition coefficient (Wildman–Crippen LogP) is 1.35. The number of hydrogen-bond donors (Lipinski definition) is 3. The Balaban J connectivity index is 1.31. The zero-order valence-electron chi connectivity index (χ0n) is 16.5. The summed E-state index contributed by atoms with van der Waals surface area (Å²) >= 11 is 0. The minimum absolute atomic E-state index is 0.0281. The van der Waals surface area contributed by atoms with Crippen LogP contribution in [-0.2, 0) is 11.2 Å². The van der Waals surface area contributed by atoms with Crippen LogP contribution in [0.2, 0.25) is 0 Å². The summed E-state index contributed by atoms with van der Waals surface area (Å²) in [5.74, 6) is 1.01. The fourth-order valence-corrected chi connectivity index (χ4v) is 3.32. The van der Waals surface area contributed by atoms with Crippen molar-refractivity contribution in [1.82, 2.24) is 30.4 Å². The van der Waals surface area contributed by atoms with Crippen LogP contribution in [0.4, 0.5) is 4.79 Å². The van der Waals surface area contributed by atoms with Gasteiger partial charge in [-0.3, -0.25) is 9.69 Å². The topological polar surface area (TPSA) is 93.4 Å². The van der Waals surface area contributed by atoms with Gasteiger partial charge in [-0.1, -0.05) is 19.1 Å².